The van der Waals surface area contributed by atoms with Gasteiger partial charge < -0.3 is 10.2 Å². The van der Waals surface area contributed by atoms with Gasteiger partial charge in [-0.1, -0.05) is 77.8 Å². The Kier molecular flexibility index (Phi) is 11.4. The van der Waals surface area contributed by atoms with Crippen molar-refractivity contribution in [3.05, 3.63) is 100 Å². The zero-order valence-electron chi connectivity index (χ0n) is 22.9. The van der Waals surface area contributed by atoms with Crippen molar-refractivity contribution in [3.63, 3.8) is 0 Å². The number of hydrogen-bond donors (Lipinski definition) is 1. The quantitative estimate of drug-likeness (QED) is 0.271. The van der Waals surface area contributed by atoms with Gasteiger partial charge in [-0.15, -0.1) is 0 Å². The maximum absolute atomic E-state index is 13.8. The molecule has 40 heavy (non-hydrogen) atoms. The molecule has 0 unspecified atom stereocenters. The molecule has 0 fully saturated rings. The average Bonchev–Trinajstić information content (AvgIpc) is 2.89. The number of anilines is 1. The first-order valence-corrected chi connectivity index (χ1v) is 15.7. The molecule has 0 bridgehead atoms. The first-order valence-electron chi connectivity index (χ1n) is 13.1. The maximum Gasteiger partial charge on any atom is 0.243 e. The van der Waals surface area contributed by atoms with Crippen molar-refractivity contribution in [2.45, 2.75) is 51.7 Å². The lowest BCUT2D eigenvalue weighted by Crippen LogP contribution is -2.51. The molecular formula is C30H35Cl2N3O4S. The standard InChI is InChI=1S/C30H35Cl2N3O4S/c1-22(2)33-30(37)28(19-23-11-5-4-6-12-23)34(21-24-13-7-8-16-27(24)32)29(36)17-10-18-35(40(3,38)39)26-15-9-14-25(31)20-26/h4-9,11-16,20,22,28H,10,17-19,21H2,1-3H3,(H,33,37)/t28-/m1/s1. The molecule has 0 saturated carbocycles. The number of nitrogens with zero attached hydrogens (tertiary/aromatic N) is 2. The van der Waals surface area contributed by atoms with Gasteiger partial charge in [-0.3, -0.25) is 13.9 Å². The second-order valence-electron chi connectivity index (χ2n) is 9.90. The number of rotatable bonds is 13. The van der Waals surface area contributed by atoms with Gasteiger partial charge in [-0.05, 0) is 55.7 Å². The van der Waals surface area contributed by atoms with E-state index in [4.69, 9.17) is 23.2 Å². The zero-order valence-corrected chi connectivity index (χ0v) is 25.2. The lowest BCUT2D eigenvalue weighted by Gasteiger charge is -2.32. The first-order chi connectivity index (χ1) is 19.0. The third-order valence-electron chi connectivity index (χ3n) is 6.25. The lowest BCUT2D eigenvalue weighted by atomic mass is 10.0. The van der Waals surface area contributed by atoms with E-state index in [9.17, 15) is 18.0 Å². The van der Waals surface area contributed by atoms with Gasteiger partial charge in [-0.25, -0.2) is 8.42 Å². The van der Waals surface area contributed by atoms with Crippen molar-refractivity contribution in [1.82, 2.24) is 10.2 Å². The Morgan fingerprint density at radius 2 is 1.60 bits per heavy atom. The minimum Gasteiger partial charge on any atom is -0.352 e. The molecule has 7 nitrogen and oxygen atoms in total. The largest absolute Gasteiger partial charge is 0.352 e. The summed E-state index contributed by atoms with van der Waals surface area (Å²) in [7, 11) is -3.62. The Morgan fingerprint density at radius 1 is 0.925 bits per heavy atom. The van der Waals surface area contributed by atoms with E-state index in [-0.39, 0.29) is 43.8 Å². The molecule has 1 N–H and O–H groups in total. The lowest BCUT2D eigenvalue weighted by molar-refractivity contribution is -0.141. The fraction of sp³-hybridized carbons (Fsp3) is 0.333. The minimum atomic E-state index is -3.62. The molecule has 0 heterocycles. The molecule has 0 aliphatic heterocycles. The summed E-state index contributed by atoms with van der Waals surface area (Å²) in [6.07, 6.45) is 1.69. The SMILES string of the molecule is CC(C)NC(=O)[C@@H](Cc1ccccc1)N(Cc1ccccc1Cl)C(=O)CCCN(c1cccc(Cl)c1)S(C)(=O)=O. The number of carbonyl (C=O) groups is 2. The van der Waals surface area contributed by atoms with Crippen LogP contribution in [0.4, 0.5) is 5.69 Å². The highest BCUT2D eigenvalue weighted by molar-refractivity contribution is 7.92. The Hall–Kier alpha value is -3.07. The van der Waals surface area contributed by atoms with E-state index in [2.05, 4.69) is 5.32 Å². The number of sulfonamides is 1. The molecule has 10 heteroatoms. The molecule has 0 aliphatic rings. The van der Waals surface area contributed by atoms with E-state index in [1.165, 1.54) is 4.31 Å². The van der Waals surface area contributed by atoms with Crippen molar-refractivity contribution in [2.24, 2.45) is 0 Å². The van der Waals surface area contributed by atoms with Gasteiger partial charge >= 0.3 is 0 Å². The molecule has 214 valence electrons. The fourth-order valence-corrected chi connectivity index (χ4v) is 5.72. The highest BCUT2D eigenvalue weighted by Gasteiger charge is 2.31. The Balaban J connectivity index is 1.89. The van der Waals surface area contributed by atoms with Crippen molar-refractivity contribution >= 4 is 50.7 Å². The minimum absolute atomic E-state index is 0.0251. The third-order valence-corrected chi connectivity index (χ3v) is 8.05. The van der Waals surface area contributed by atoms with E-state index in [1.807, 2.05) is 56.3 Å². The van der Waals surface area contributed by atoms with Crippen LogP contribution in [0.2, 0.25) is 10.0 Å². The topological polar surface area (TPSA) is 86.8 Å². The number of nitrogens with one attached hydrogen (secondary N) is 1. The van der Waals surface area contributed by atoms with Gasteiger partial charge in [-0.2, -0.15) is 0 Å². The van der Waals surface area contributed by atoms with Gasteiger partial charge in [0.05, 0.1) is 11.9 Å². The van der Waals surface area contributed by atoms with Crippen molar-refractivity contribution in [2.75, 3.05) is 17.1 Å². The Labute approximate surface area is 247 Å². The van der Waals surface area contributed by atoms with Crippen LogP contribution in [0.5, 0.6) is 0 Å². The van der Waals surface area contributed by atoms with E-state index in [0.29, 0.717) is 27.7 Å². The summed E-state index contributed by atoms with van der Waals surface area (Å²) in [5, 5.41) is 3.86. The van der Waals surface area contributed by atoms with Gasteiger partial charge in [0.25, 0.3) is 0 Å². The molecule has 0 spiro atoms. The summed E-state index contributed by atoms with van der Waals surface area (Å²) >= 11 is 12.5. The molecule has 3 aromatic rings. The molecule has 0 aromatic heterocycles. The van der Waals surface area contributed by atoms with Gasteiger partial charge in [0.2, 0.25) is 21.8 Å². The van der Waals surface area contributed by atoms with Crippen molar-refractivity contribution < 1.29 is 18.0 Å². The normalized spacial score (nSPS) is 12.2. The van der Waals surface area contributed by atoms with Crippen LogP contribution in [-0.2, 0) is 32.6 Å². The highest BCUT2D eigenvalue weighted by atomic mass is 35.5. The molecule has 0 saturated heterocycles. The number of carbonyl (C=O) groups excluding carboxylic acids is 2. The van der Waals surface area contributed by atoms with E-state index < -0.39 is 16.1 Å². The van der Waals surface area contributed by atoms with Crippen LogP contribution in [0, 0.1) is 0 Å². The summed E-state index contributed by atoms with van der Waals surface area (Å²) in [5.74, 6) is -0.546. The van der Waals surface area contributed by atoms with Crippen molar-refractivity contribution in [1.29, 1.82) is 0 Å². The Bertz CT molecular complexity index is 1400. The Morgan fingerprint density at radius 3 is 2.23 bits per heavy atom. The molecule has 0 radical (unpaired) electrons. The van der Waals surface area contributed by atoms with Crippen LogP contribution < -0.4 is 9.62 Å². The second kappa shape index (κ2) is 14.5. The number of halogens is 2. The summed E-state index contributed by atoms with van der Waals surface area (Å²) < 4.78 is 26.3. The predicted octanol–water partition coefficient (Wildman–Crippen LogP) is 5.70. The second-order valence-corrected chi connectivity index (χ2v) is 12.7. The van der Waals surface area contributed by atoms with Gasteiger partial charge in [0, 0.05) is 42.0 Å². The average molecular weight is 605 g/mol. The summed E-state index contributed by atoms with van der Waals surface area (Å²) in [5.41, 5.74) is 2.05. The molecular weight excluding hydrogens is 569 g/mol. The molecule has 1 atom stereocenters. The van der Waals surface area contributed by atoms with Crippen LogP contribution in [0.25, 0.3) is 0 Å². The number of benzene rings is 3. The molecule has 3 rings (SSSR count). The van der Waals surface area contributed by atoms with Gasteiger partial charge in [0.15, 0.2) is 0 Å². The van der Waals surface area contributed by atoms with Crippen LogP contribution in [0.3, 0.4) is 0 Å². The van der Waals surface area contributed by atoms with E-state index in [1.54, 1.807) is 41.3 Å². The highest BCUT2D eigenvalue weighted by Crippen LogP contribution is 2.24. The van der Waals surface area contributed by atoms with Crippen LogP contribution in [0.1, 0.15) is 37.8 Å². The molecule has 2 amide bonds. The van der Waals surface area contributed by atoms with Gasteiger partial charge in [0.1, 0.15) is 6.04 Å². The number of hydrogen-bond acceptors (Lipinski definition) is 4. The third kappa shape index (κ3) is 9.25. The van der Waals surface area contributed by atoms with E-state index in [0.717, 1.165) is 11.8 Å². The van der Waals surface area contributed by atoms with E-state index >= 15 is 0 Å². The smallest absolute Gasteiger partial charge is 0.243 e. The fourth-order valence-electron chi connectivity index (χ4n) is 4.38. The summed E-state index contributed by atoms with van der Waals surface area (Å²) in [6.45, 7) is 3.94. The molecule has 0 aliphatic carbocycles. The summed E-state index contributed by atoms with van der Waals surface area (Å²) in [4.78, 5) is 28.8. The predicted molar refractivity (Wildman–Crippen MR) is 162 cm³/mol. The first kappa shape index (κ1) is 31.5. The monoisotopic (exact) mass is 603 g/mol. The van der Waals surface area contributed by atoms with Crippen molar-refractivity contribution in [3.8, 4) is 0 Å². The van der Waals surface area contributed by atoms with Crippen LogP contribution in [-0.4, -0.2) is 50.0 Å². The number of amides is 2. The zero-order chi connectivity index (χ0) is 29.3. The van der Waals surface area contributed by atoms with Crippen LogP contribution >= 0.6 is 23.2 Å². The molecule has 3 aromatic carbocycles. The summed E-state index contributed by atoms with van der Waals surface area (Å²) in [6, 6.07) is 22.4. The van der Waals surface area contributed by atoms with Crippen LogP contribution in [0.15, 0.2) is 78.9 Å². The maximum atomic E-state index is 13.8.